The fourth-order valence-corrected chi connectivity index (χ4v) is 3.46. The van der Waals surface area contributed by atoms with Crippen molar-refractivity contribution in [1.82, 2.24) is 0 Å². The topological polar surface area (TPSA) is 46.3 Å². The standard InChI is InChI=1S/C20H32N2O2/c1-15(2)24-19-8-6-18(7-9-19)13-21-11-10-20(23)12-17(4)22(5)14-16(20)3/h6-9,13,15-17,23H,10-12,14H2,1-5H3/p+1/t16-,17+,20+/m1/s1. The van der Waals surface area contributed by atoms with Crippen molar-refractivity contribution < 1.29 is 14.7 Å². The van der Waals surface area contributed by atoms with Crippen molar-refractivity contribution in [2.45, 2.75) is 58.3 Å². The fourth-order valence-electron chi connectivity index (χ4n) is 3.46. The molecule has 1 aliphatic rings. The molecule has 1 aliphatic heterocycles. The largest absolute Gasteiger partial charge is 0.491 e. The number of nitrogens with zero attached hydrogens (tertiary/aromatic N) is 1. The zero-order chi connectivity index (χ0) is 17.7. The third kappa shape index (κ3) is 5.05. The van der Waals surface area contributed by atoms with Crippen LogP contribution in [0.25, 0.3) is 0 Å². The highest BCUT2D eigenvalue weighted by molar-refractivity contribution is 5.79. The number of ether oxygens (including phenoxy) is 1. The molecule has 134 valence electrons. The lowest BCUT2D eigenvalue weighted by molar-refractivity contribution is -0.916. The van der Waals surface area contributed by atoms with E-state index in [2.05, 4.69) is 25.9 Å². The summed E-state index contributed by atoms with van der Waals surface area (Å²) in [6.45, 7) is 10.1. The number of aliphatic imine (C=N–C) groups is 1. The van der Waals surface area contributed by atoms with Gasteiger partial charge in [-0.2, -0.15) is 0 Å². The Labute approximate surface area is 146 Å². The van der Waals surface area contributed by atoms with Gasteiger partial charge in [0.1, 0.15) is 5.75 Å². The van der Waals surface area contributed by atoms with Crippen molar-refractivity contribution in [3.05, 3.63) is 29.8 Å². The summed E-state index contributed by atoms with van der Waals surface area (Å²) in [6, 6.07) is 8.47. The molecule has 4 heteroatoms. The quantitative estimate of drug-likeness (QED) is 0.782. The third-order valence-corrected chi connectivity index (χ3v) is 5.21. The predicted octanol–water partition coefficient (Wildman–Crippen LogP) is 1.96. The minimum atomic E-state index is -0.578. The molecule has 0 radical (unpaired) electrons. The van der Waals surface area contributed by atoms with Gasteiger partial charge in [-0.3, -0.25) is 4.99 Å². The smallest absolute Gasteiger partial charge is 0.119 e. The zero-order valence-electron chi connectivity index (χ0n) is 15.7. The number of quaternary nitrogens is 1. The Hall–Kier alpha value is -1.39. The maximum atomic E-state index is 10.9. The molecule has 0 aliphatic carbocycles. The molecule has 1 saturated heterocycles. The van der Waals surface area contributed by atoms with Crippen LogP contribution < -0.4 is 9.64 Å². The van der Waals surface area contributed by atoms with Crippen molar-refractivity contribution in [2.75, 3.05) is 20.1 Å². The van der Waals surface area contributed by atoms with Gasteiger partial charge in [0.25, 0.3) is 0 Å². The molecule has 1 aromatic carbocycles. The molecular weight excluding hydrogens is 300 g/mol. The van der Waals surface area contributed by atoms with Crippen molar-refractivity contribution in [2.24, 2.45) is 10.9 Å². The molecule has 1 unspecified atom stereocenters. The average molecular weight is 333 g/mol. The van der Waals surface area contributed by atoms with E-state index in [4.69, 9.17) is 4.74 Å². The first-order valence-corrected chi connectivity index (χ1v) is 9.11. The molecular formula is C20H33N2O2+. The third-order valence-electron chi connectivity index (χ3n) is 5.21. The summed E-state index contributed by atoms with van der Waals surface area (Å²) < 4.78 is 5.64. The van der Waals surface area contributed by atoms with Crippen LogP contribution in [0.5, 0.6) is 5.75 Å². The fraction of sp³-hybridized carbons (Fsp3) is 0.650. The van der Waals surface area contributed by atoms with E-state index in [1.165, 1.54) is 4.90 Å². The van der Waals surface area contributed by atoms with Crippen LogP contribution in [0, 0.1) is 5.92 Å². The Kier molecular flexibility index (Phi) is 6.41. The van der Waals surface area contributed by atoms with Crippen LogP contribution >= 0.6 is 0 Å². The van der Waals surface area contributed by atoms with Crippen molar-refractivity contribution in [1.29, 1.82) is 0 Å². The second-order valence-electron chi connectivity index (χ2n) is 7.68. The summed E-state index contributed by atoms with van der Waals surface area (Å²) in [5.41, 5.74) is 0.484. The highest BCUT2D eigenvalue weighted by Gasteiger charge is 2.42. The van der Waals surface area contributed by atoms with Crippen LogP contribution in [0.15, 0.2) is 29.3 Å². The van der Waals surface area contributed by atoms with Crippen LogP contribution in [0.2, 0.25) is 0 Å². The minimum absolute atomic E-state index is 0.186. The van der Waals surface area contributed by atoms with Gasteiger partial charge in [0.2, 0.25) is 0 Å². The number of likely N-dealkylation sites (tertiary alicyclic amines) is 1. The summed E-state index contributed by atoms with van der Waals surface area (Å²) in [5, 5.41) is 10.9. The number of piperidine rings is 1. The Morgan fingerprint density at radius 2 is 2.00 bits per heavy atom. The molecule has 24 heavy (non-hydrogen) atoms. The second-order valence-corrected chi connectivity index (χ2v) is 7.68. The Balaban J connectivity index is 1.85. The lowest BCUT2D eigenvalue weighted by atomic mass is 9.77. The molecule has 1 aromatic rings. The van der Waals surface area contributed by atoms with E-state index in [-0.39, 0.29) is 6.10 Å². The molecule has 2 N–H and O–H groups in total. The van der Waals surface area contributed by atoms with Crippen molar-refractivity contribution in [3.8, 4) is 5.75 Å². The van der Waals surface area contributed by atoms with Crippen LogP contribution in [-0.2, 0) is 0 Å². The minimum Gasteiger partial charge on any atom is -0.491 e. The highest BCUT2D eigenvalue weighted by atomic mass is 16.5. The number of benzene rings is 1. The molecule has 0 aromatic heterocycles. The van der Waals surface area contributed by atoms with E-state index in [1.807, 2.05) is 44.3 Å². The predicted molar refractivity (Wildman–Crippen MR) is 99.2 cm³/mol. The van der Waals surface area contributed by atoms with Crippen molar-refractivity contribution >= 4 is 6.21 Å². The molecule has 0 bridgehead atoms. The van der Waals surface area contributed by atoms with Gasteiger partial charge < -0.3 is 14.7 Å². The lowest BCUT2D eigenvalue weighted by Gasteiger charge is -2.43. The number of rotatable bonds is 6. The van der Waals surface area contributed by atoms with Gasteiger partial charge in [0.05, 0.1) is 31.3 Å². The van der Waals surface area contributed by atoms with Crippen LogP contribution in [-0.4, -0.2) is 49.2 Å². The number of hydrogen-bond donors (Lipinski definition) is 2. The van der Waals surface area contributed by atoms with E-state index in [9.17, 15) is 5.11 Å². The first-order chi connectivity index (χ1) is 11.3. The van der Waals surface area contributed by atoms with Crippen LogP contribution in [0.4, 0.5) is 0 Å². The molecule has 0 saturated carbocycles. The van der Waals surface area contributed by atoms with Crippen LogP contribution in [0.3, 0.4) is 0 Å². The van der Waals surface area contributed by atoms with E-state index in [0.29, 0.717) is 18.5 Å². The van der Waals surface area contributed by atoms with Gasteiger partial charge in [-0.15, -0.1) is 0 Å². The first kappa shape index (κ1) is 18.9. The van der Waals surface area contributed by atoms with Crippen molar-refractivity contribution in [3.63, 3.8) is 0 Å². The monoisotopic (exact) mass is 333 g/mol. The summed E-state index contributed by atoms with van der Waals surface area (Å²) in [5.74, 6) is 1.20. The summed E-state index contributed by atoms with van der Waals surface area (Å²) in [4.78, 5) is 6.03. The Morgan fingerprint density at radius 1 is 1.33 bits per heavy atom. The van der Waals surface area contributed by atoms with Gasteiger partial charge in [-0.1, -0.05) is 6.92 Å². The van der Waals surface area contributed by atoms with Crippen LogP contribution in [0.1, 0.15) is 46.1 Å². The van der Waals surface area contributed by atoms with E-state index in [0.717, 1.165) is 30.7 Å². The maximum Gasteiger partial charge on any atom is 0.119 e. The number of hydrogen-bond acceptors (Lipinski definition) is 3. The zero-order valence-corrected chi connectivity index (χ0v) is 15.7. The van der Waals surface area contributed by atoms with Gasteiger partial charge >= 0.3 is 0 Å². The van der Waals surface area contributed by atoms with Gasteiger partial charge in [0.15, 0.2) is 0 Å². The first-order valence-electron chi connectivity index (χ1n) is 9.11. The average Bonchev–Trinajstić information content (AvgIpc) is 2.51. The van der Waals surface area contributed by atoms with Gasteiger partial charge in [0, 0.05) is 25.1 Å². The van der Waals surface area contributed by atoms with E-state index >= 15 is 0 Å². The number of nitrogens with one attached hydrogen (secondary N) is 1. The molecule has 4 atom stereocenters. The van der Waals surface area contributed by atoms with E-state index in [1.54, 1.807) is 0 Å². The summed E-state index contributed by atoms with van der Waals surface area (Å²) in [6.07, 6.45) is 3.66. The molecule has 0 spiro atoms. The highest BCUT2D eigenvalue weighted by Crippen LogP contribution is 2.28. The Morgan fingerprint density at radius 3 is 2.62 bits per heavy atom. The second kappa shape index (κ2) is 8.13. The molecule has 0 amide bonds. The summed E-state index contributed by atoms with van der Waals surface area (Å²) >= 11 is 0. The molecule has 1 heterocycles. The van der Waals surface area contributed by atoms with Gasteiger partial charge in [-0.05, 0) is 57.0 Å². The Bertz CT molecular complexity index is 541. The summed E-state index contributed by atoms with van der Waals surface area (Å²) in [7, 11) is 2.21. The normalized spacial score (nSPS) is 30.9. The molecule has 1 fully saturated rings. The van der Waals surface area contributed by atoms with E-state index < -0.39 is 5.60 Å². The molecule has 4 nitrogen and oxygen atoms in total. The number of aliphatic hydroxyl groups is 1. The van der Waals surface area contributed by atoms with Gasteiger partial charge in [-0.25, -0.2) is 0 Å². The maximum absolute atomic E-state index is 10.9. The lowest BCUT2D eigenvalue weighted by Crippen LogP contribution is -3.15. The molecule has 2 rings (SSSR count). The SMILES string of the molecule is CC(C)Oc1ccc(C=NCC[C@]2(O)C[C@H](C)[NH+](C)C[C@H]2C)cc1.